The van der Waals surface area contributed by atoms with E-state index in [1.54, 1.807) is 50.0 Å². The van der Waals surface area contributed by atoms with E-state index in [2.05, 4.69) is 27.4 Å². The van der Waals surface area contributed by atoms with Crippen LogP contribution in [0.2, 0.25) is 0 Å². The Balaban J connectivity index is 1.87. The van der Waals surface area contributed by atoms with Gasteiger partial charge < -0.3 is 14.2 Å². The molecule has 0 fully saturated rings. The van der Waals surface area contributed by atoms with Crippen molar-refractivity contribution in [3.8, 4) is 17.2 Å². The van der Waals surface area contributed by atoms with Crippen molar-refractivity contribution >= 4 is 30.2 Å². The van der Waals surface area contributed by atoms with Gasteiger partial charge in [-0.25, -0.2) is 5.10 Å². The van der Waals surface area contributed by atoms with Crippen molar-refractivity contribution in [1.82, 2.24) is 14.9 Å². The summed E-state index contributed by atoms with van der Waals surface area (Å²) in [7, 11) is 4.71. The third-order valence-corrected chi connectivity index (χ3v) is 5.14. The number of ether oxygens (including phenoxy) is 3. The van der Waals surface area contributed by atoms with Gasteiger partial charge in [0.15, 0.2) is 11.5 Å². The summed E-state index contributed by atoms with van der Waals surface area (Å²) >= 11 is 6.85. The lowest BCUT2D eigenvalue weighted by Crippen LogP contribution is -2.00. The fourth-order valence-corrected chi connectivity index (χ4v) is 3.64. The maximum absolute atomic E-state index is 5.49. The van der Waals surface area contributed by atoms with Crippen molar-refractivity contribution in [2.24, 2.45) is 5.10 Å². The number of aromatic amines is 1. The highest BCUT2D eigenvalue weighted by molar-refractivity contribution is 7.98. The molecule has 0 aliphatic rings. The number of aromatic nitrogens is 3. The van der Waals surface area contributed by atoms with Crippen LogP contribution >= 0.6 is 24.0 Å². The Hall–Kier alpha value is -2.78. The van der Waals surface area contributed by atoms with E-state index >= 15 is 0 Å². The van der Waals surface area contributed by atoms with Gasteiger partial charge in [0.05, 0.1) is 27.5 Å². The van der Waals surface area contributed by atoms with Gasteiger partial charge in [0.1, 0.15) is 0 Å². The first-order chi connectivity index (χ1) is 13.7. The van der Waals surface area contributed by atoms with Gasteiger partial charge in [0.2, 0.25) is 15.7 Å². The molecule has 28 heavy (non-hydrogen) atoms. The van der Waals surface area contributed by atoms with E-state index in [0.717, 1.165) is 11.3 Å². The zero-order chi connectivity index (χ0) is 19.9. The van der Waals surface area contributed by atoms with Gasteiger partial charge in [-0.05, 0) is 29.9 Å². The number of H-pyrrole nitrogens is 1. The zero-order valence-corrected chi connectivity index (χ0v) is 17.3. The number of benzene rings is 2. The lowest BCUT2D eigenvalue weighted by molar-refractivity contribution is 0.324. The van der Waals surface area contributed by atoms with Gasteiger partial charge in [-0.3, -0.25) is 0 Å². The summed E-state index contributed by atoms with van der Waals surface area (Å²) in [6.45, 7) is 0. The summed E-state index contributed by atoms with van der Waals surface area (Å²) in [5.41, 5.74) is 1.92. The Labute approximate surface area is 172 Å². The number of hydrogen-bond acceptors (Lipinski definition) is 7. The highest BCUT2D eigenvalue weighted by Crippen LogP contribution is 2.39. The molecule has 0 spiro atoms. The second-order valence-electron chi connectivity index (χ2n) is 5.57. The molecule has 1 heterocycles. The average Bonchev–Trinajstić information content (AvgIpc) is 3.09. The third-order valence-electron chi connectivity index (χ3n) is 3.88. The van der Waals surface area contributed by atoms with Crippen molar-refractivity contribution in [2.75, 3.05) is 21.3 Å². The molecule has 3 rings (SSSR count). The molecular weight excluding hydrogens is 396 g/mol. The van der Waals surface area contributed by atoms with Crippen molar-refractivity contribution in [1.29, 1.82) is 0 Å². The fraction of sp³-hybridized carbons (Fsp3) is 0.211. The molecule has 0 aliphatic carbocycles. The molecule has 1 N–H and O–H groups in total. The Kier molecular flexibility index (Phi) is 6.72. The Bertz CT molecular complexity index is 1020. The molecule has 0 bridgehead atoms. The molecule has 0 aliphatic heterocycles. The largest absolute Gasteiger partial charge is 0.493 e. The maximum Gasteiger partial charge on any atom is 0.217 e. The summed E-state index contributed by atoms with van der Waals surface area (Å²) in [5, 5.41) is 12.2. The van der Waals surface area contributed by atoms with Crippen LogP contribution in [0.25, 0.3) is 0 Å². The van der Waals surface area contributed by atoms with E-state index in [4.69, 9.17) is 26.4 Å². The third kappa shape index (κ3) is 4.37. The molecule has 0 amide bonds. The topological polar surface area (TPSA) is 73.7 Å². The Morgan fingerprint density at radius 2 is 1.82 bits per heavy atom. The average molecular weight is 417 g/mol. The SMILES string of the molecule is COc1ccc(/C=N\n2c(SCc3ccccc3)n[nH]c2=S)c(OC)c1OC. The highest BCUT2D eigenvalue weighted by atomic mass is 32.2. The second kappa shape index (κ2) is 9.43. The summed E-state index contributed by atoms with van der Waals surface area (Å²) in [6, 6.07) is 13.8. The molecule has 0 radical (unpaired) electrons. The minimum atomic E-state index is 0.409. The monoisotopic (exact) mass is 416 g/mol. The number of thioether (sulfide) groups is 1. The minimum absolute atomic E-state index is 0.409. The van der Waals surface area contributed by atoms with Crippen LogP contribution in [0.4, 0.5) is 0 Å². The first kappa shape index (κ1) is 20.0. The number of rotatable bonds is 8. The molecular formula is C19H20N4O3S2. The summed E-state index contributed by atoms with van der Waals surface area (Å²) < 4.78 is 18.2. The van der Waals surface area contributed by atoms with E-state index in [0.29, 0.717) is 27.2 Å². The van der Waals surface area contributed by atoms with E-state index in [1.165, 1.54) is 5.56 Å². The van der Waals surface area contributed by atoms with E-state index in [9.17, 15) is 0 Å². The van der Waals surface area contributed by atoms with E-state index in [-0.39, 0.29) is 0 Å². The maximum atomic E-state index is 5.49. The number of nitrogens with zero attached hydrogens (tertiary/aromatic N) is 3. The fourth-order valence-electron chi connectivity index (χ4n) is 2.54. The Morgan fingerprint density at radius 1 is 1.07 bits per heavy atom. The van der Waals surface area contributed by atoms with Crippen LogP contribution in [-0.4, -0.2) is 42.4 Å². The van der Waals surface area contributed by atoms with Crippen LogP contribution in [0.3, 0.4) is 0 Å². The van der Waals surface area contributed by atoms with Gasteiger partial charge in [0, 0.05) is 11.3 Å². The molecule has 9 heteroatoms. The summed E-state index contributed by atoms with van der Waals surface area (Å²) in [6.07, 6.45) is 1.65. The predicted molar refractivity (Wildman–Crippen MR) is 113 cm³/mol. The first-order valence-corrected chi connectivity index (χ1v) is 9.74. The number of methoxy groups -OCH3 is 3. The van der Waals surface area contributed by atoms with Crippen LogP contribution < -0.4 is 14.2 Å². The number of hydrogen-bond donors (Lipinski definition) is 1. The van der Waals surface area contributed by atoms with Gasteiger partial charge in [0.25, 0.3) is 0 Å². The summed E-state index contributed by atoms with van der Waals surface area (Å²) in [5.74, 6) is 2.37. The highest BCUT2D eigenvalue weighted by Gasteiger charge is 2.15. The molecule has 1 aromatic heterocycles. The van der Waals surface area contributed by atoms with Crippen molar-refractivity contribution in [3.05, 3.63) is 58.4 Å². The molecule has 0 saturated carbocycles. The lowest BCUT2D eigenvalue weighted by atomic mass is 10.2. The van der Waals surface area contributed by atoms with Crippen LogP contribution in [0, 0.1) is 4.77 Å². The van der Waals surface area contributed by atoms with Gasteiger partial charge in [-0.2, -0.15) is 9.78 Å². The second-order valence-corrected chi connectivity index (χ2v) is 6.89. The normalized spacial score (nSPS) is 11.0. The van der Waals surface area contributed by atoms with E-state index < -0.39 is 0 Å². The molecule has 2 aromatic carbocycles. The smallest absolute Gasteiger partial charge is 0.217 e. The summed E-state index contributed by atoms with van der Waals surface area (Å²) in [4.78, 5) is 0. The standard InChI is InChI=1S/C19H20N4O3S2/c1-24-15-10-9-14(16(25-2)17(15)26-3)11-20-23-18(27)21-22-19(23)28-12-13-7-5-4-6-8-13/h4-11H,12H2,1-3H3,(H,21,27)/b20-11-. The van der Waals surface area contributed by atoms with Crippen LogP contribution in [0.5, 0.6) is 17.2 Å². The number of nitrogens with one attached hydrogen (secondary N) is 1. The van der Waals surface area contributed by atoms with Gasteiger partial charge >= 0.3 is 0 Å². The molecule has 3 aromatic rings. The molecule has 0 saturated heterocycles. The predicted octanol–water partition coefficient (Wildman–Crippen LogP) is 4.14. The van der Waals surface area contributed by atoms with Crippen molar-refractivity contribution < 1.29 is 14.2 Å². The Morgan fingerprint density at radius 3 is 2.50 bits per heavy atom. The van der Waals surface area contributed by atoms with Crippen LogP contribution in [0.15, 0.2) is 52.7 Å². The van der Waals surface area contributed by atoms with Gasteiger partial charge in [-0.1, -0.05) is 42.1 Å². The zero-order valence-electron chi connectivity index (χ0n) is 15.7. The van der Waals surface area contributed by atoms with Crippen LogP contribution in [-0.2, 0) is 5.75 Å². The molecule has 0 unspecified atom stereocenters. The van der Waals surface area contributed by atoms with Crippen molar-refractivity contribution in [3.63, 3.8) is 0 Å². The van der Waals surface area contributed by atoms with Gasteiger partial charge in [-0.15, -0.1) is 5.10 Å². The molecule has 146 valence electrons. The molecule has 7 nitrogen and oxygen atoms in total. The van der Waals surface area contributed by atoms with Crippen LogP contribution in [0.1, 0.15) is 11.1 Å². The quantitative estimate of drug-likeness (QED) is 0.338. The van der Waals surface area contributed by atoms with E-state index in [1.807, 2.05) is 24.3 Å². The first-order valence-electron chi connectivity index (χ1n) is 8.35. The minimum Gasteiger partial charge on any atom is -0.493 e. The molecule has 0 atom stereocenters. The van der Waals surface area contributed by atoms with Crippen molar-refractivity contribution in [2.45, 2.75) is 10.9 Å². The lowest BCUT2D eigenvalue weighted by Gasteiger charge is -2.13.